The second-order valence-electron chi connectivity index (χ2n) is 8.59. The zero-order chi connectivity index (χ0) is 22.2. The Balaban J connectivity index is 1.47. The topological polar surface area (TPSA) is 97.9 Å². The maximum atomic E-state index is 12.7. The number of imidazole rings is 1. The smallest absolute Gasteiger partial charge is 0.252 e. The Hall–Kier alpha value is -2.35. The van der Waals surface area contributed by atoms with Gasteiger partial charge in [-0.2, -0.15) is 0 Å². The molecule has 1 aliphatic rings. The molecular weight excluding hydrogens is 435 g/mol. The number of carbonyl (C=O) groups is 1. The number of benzene rings is 1. The average Bonchev–Trinajstić information content (AvgIpc) is 3.04. The normalized spacial score (nSPS) is 21.3. The standard InChI is InChI=1S/C22H26Cl2N6O/c1-22(25)8-6-13(7-9-22)11-27-20(31)14-10-17-19(26-12-14)30(2)21(28-17)29-18-15(23)4-3-5-16(18)24/h3-5,10,12-13H,6-9,11,25H2,1-2H3,(H,27,31)(H,28,29). The minimum atomic E-state index is -0.148. The molecule has 0 spiro atoms. The summed E-state index contributed by atoms with van der Waals surface area (Å²) in [5.74, 6) is 0.843. The van der Waals surface area contributed by atoms with E-state index in [1.54, 1.807) is 35.0 Å². The Morgan fingerprint density at radius 3 is 2.65 bits per heavy atom. The predicted molar refractivity (Wildman–Crippen MR) is 125 cm³/mol. The van der Waals surface area contributed by atoms with Crippen LogP contribution in [0.1, 0.15) is 43.0 Å². The molecule has 7 nitrogen and oxygen atoms in total. The Bertz CT molecular complexity index is 1100. The molecule has 0 bridgehead atoms. The Labute approximate surface area is 191 Å². The van der Waals surface area contributed by atoms with Crippen molar-refractivity contribution >= 4 is 51.9 Å². The summed E-state index contributed by atoms with van der Waals surface area (Å²) in [5.41, 5.74) is 8.43. The molecule has 4 rings (SSSR count). The lowest BCUT2D eigenvalue weighted by atomic mass is 9.78. The van der Waals surface area contributed by atoms with Crippen molar-refractivity contribution in [2.75, 3.05) is 11.9 Å². The molecule has 0 radical (unpaired) electrons. The first-order valence-electron chi connectivity index (χ1n) is 10.3. The van der Waals surface area contributed by atoms with Gasteiger partial charge in [0.15, 0.2) is 5.65 Å². The molecule has 1 amide bonds. The van der Waals surface area contributed by atoms with Crippen molar-refractivity contribution in [1.82, 2.24) is 19.9 Å². The number of fused-ring (bicyclic) bond motifs is 1. The summed E-state index contributed by atoms with van der Waals surface area (Å²) >= 11 is 12.5. The Kier molecular flexibility index (Phi) is 6.10. The number of rotatable bonds is 5. The second-order valence-corrected chi connectivity index (χ2v) is 9.40. The molecule has 0 aliphatic heterocycles. The maximum absolute atomic E-state index is 12.7. The van der Waals surface area contributed by atoms with E-state index >= 15 is 0 Å². The van der Waals surface area contributed by atoms with Gasteiger partial charge in [-0.05, 0) is 56.7 Å². The number of nitrogens with zero attached hydrogens (tertiary/aromatic N) is 3. The van der Waals surface area contributed by atoms with Crippen molar-refractivity contribution in [1.29, 1.82) is 0 Å². The van der Waals surface area contributed by atoms with Crippen molar-refractivity contribution < 1.29 is 4.79 Å². The van der Waals surface area contributed by atoms with Gasteiger partial charge < -0.3 is 16.4 Å². The van der Waals surface area contributed by atoms with Crippen molar-refractivity contribution in [3.05, 3.63) is 46.1 Å². The number of amides is 1. The quantitative estimate of drug-likeness (QED) is 0.514. The Morgan fingerprint density at radius 2 is 1.97 bits per heavy atom. The number of nitrogens with one attached hydrogen (secondary N) is 2. The SMILES string of the molecule is Cn1c(Nc2c(Cl)cccc2Cl)nc2cc(C(=O)NCC3CCC(C)(N)CC3)cnc21. The average molecular weight is 461 g/mol. The first-order chi connectivity index (χ1) is 14.7. The van der Waals surface area contributed by atoms with Gasteiger partial charge in [-0.15, -0.1) is 0 Å². The third-order valence-corrected chi connectivity index (χ3v) is 6.60. The summed E-state index contributed by atoms with van der Waals surface area (Å²) in [7, 11) is 1.84. The van der Waals surface area contributed by atoms with Crippen LogP contribution in [0.25, 0.3) is 11.2 Å². The summed E-state index contributed by atoms with van der Waals surface area (Å²) in [6, 6.07) is 7.02. The molecule has 4 N–H and O–H groups in total. The molecule has 0 atom stereocenters. The van der Waals surface area contributed by atoms with Gasteiger partial charge in [0, 0.05) is 25.3 Å². The Morgan fingerprint density at radius 1 is 1.29 bits per heavy atom. The highest BCUT2D eigenvalue weighted by molar-refractivity contribution is 6.39. The van der Waals surface area contributed by atoms with Crippen LogP contribution in [0.5, 0.6) is 0 Å². The number of nitrogens with two attached hydrogens (primary N) is 1. The molecule has 9 heteroatoms. The third-order valence-electron chi connectivity index (χ3n) is 5.97. The van der Waals surface area contributed by atoms with E-state index in [0.717, 1.165) is 25.7 Å². The van der Waals surface area contributed by atoms with Crippen LogP contribution < -0.4 is 16.4 Å². The van der Waals surface area contributed by atoms with E-state index in [1.807, 2.05) is 7.05 Å². The van der Waals surface area contributed by atoms with Crippen molar-refractivity contribution in [2.24, 2.45) is 18.7 Å². The van der Waals surface area contributed by atoms with Crippen LogP contribution in [-0.4, -0.2) is 32.5 Å². The molecule has 0 unspecified atom stereocenters. The molecule has 164 valence electrons. The molecule has 31 heavy (non-hydrogen) atoms. The number of halogens is 2. The molecule has 1 saturated carbocycles. The van der Waals surface area contributed by atoms with E-state index in [2.05, 4.69) is 27.5 Å². The predicted octanol–water partition coefficient (Wildman–Crippen LogP) is 4.66. The second kappa shape index (κ2) is 8.65. The summed E-state index contributed by atoms with van der Waals surface area (Å²) < 4.78 is 1.79. The number of carbonyl (C=O) groups excluding carboxylic acids is 1. The van der Waals surface area contributed by atoms with Crippen LogP contribution in [0.2, 0.25) is 10.0 Å². The van der Waals surface area contributed by atoms with E-state index in [0.29, 0.717) is 50.9 Å². The number of hydrogen-bond acceptors (Lipinski definition) is 5. The summed E-state index contributed by atoms with van der Waals surface area (Å²) in [4.78, 5) is 21.7. The highest BCUT2D eigenvalue weighted by Crippen LogP contribution is 2.33. The number of anilines is 2. The van der Waals surface area contributed by atoms with Crippen LogP contribution >= 0.6 is 23.2 Å². The fourth-order valence-corrected chi connectivity index (χ4v) is 4.41. The monoisotopic (exact) mass is 460 g/mol. The lowest BCUT2D eigenvalue weighted by Crippen LogP contribution is -2.42. The highest BCUT2D eigenvalue weighted by atomic mass is 35.5. The van der Waals surface area contributed by atoms with Gasteiger partial charge in [-0.25, -0.2) is 9.97 Å². The first-order valence-corrected chi connectivity index (χ1v) is 11.1. The van der Waals surface area contributed by atoms with E-state index in [1.165, 1.54) is 0 Å². The van der Waals surface area contributed by atoms with E-state index in [4.69, 9.17) is 28.9 Å². The summed E-state index contributed by atoms with van der Waals surface area (Å²) in [5, 5.41) is 7.17. The van der Waals surface area contributed by atoms with Gasteiger partial charge in [0.2, 0.25) is 5.95 Å². The fourth-order valence-electron chi connectivity index (χ4n) is 3.92. The van der Waals surface area contributed by atoms with Crippen molar-refractivity contribution in [2.45, 2.75) is 38.1 Å². The van der Waals surface area contributed by atoms with Gasteiger partial charge in [0.25, 0.3) is 5.91 Å². The van der Waals surface area contributed by atoms with Gasteiger partial charge in [0.1, 0.15) is 5.52 Å². The lowest BCUT2D eigenvalue weighted by Gasteiger charge is -2.34. The third kappa shape index (κ3) is 4.79. The molecule has 2 heterocycles. The summed E-state index contributed by atoms with van der Waals surface area (Å²) in [6.45, 7) is 2.74. The molecule has 2 aromatic heterocycles. The maximum Gasteiger partial charge on any atom is 0.252 e. The van der Waals surface area contributed by atoms with E-state index in [-0.39, 0.29) is 11.4 Å². The molecule has 1 aliphatic carbocycles. The van der Waals surface area contributed by atoms with Crippen LogP contribution in [0.15, 0.2) is 30.5 Å². The number of pyridine rings is 1. The van der Waals surface area contributed by atoms with Crippen LogP contribution in [0.3, 0.4) is 0 Å². The number of hydrogen-bond donors (Lipinski definition) is 3. The van der Waals surface area contributed by atoms with E-state index in [9.17, 15) is 4.79 Å². The molecular formula is C22H26Cl2N6O. The molecule has 1 fully saturated rings. The van der Waals surface area contributed by atoms with Crippen LogP contribution in [-0.2, 0) is 7.05 Å². The van der Waals surface area contributed by atoms with Gasteiger partial charge in [0.05, 0.1) is 21.3 Å². The van der Waals surface area contributed by atoms with Gasteiger partial charge in [-0.1, -0.05) is 29.3 Å². The van der Waals surface area contributed by atoms with Gasteiger partial charge in [-0.3, -0.25) is 9.36 Å². The fraction of sp³-hybridized carbons (Fsp3) is 0.409. The summed E-state index contributed by atoms with van der Waals surface area (Å²) in [6.07, 6.45) is 5.61. The van der Waals surface area contributed by atoms with E-state index < -0.39 is 0 Å². The van der Waals surface area contributed by atoms with Crippen LogP contribution in [0.4, 0.5) is 11.6 Å². The number of para-hydroxylation sites is 1. The van der Waals surface area contributed by atoms with Crippen LogP contribution in [0, 0.1) is 5.92 Å². The largest absolute Gasteiger partial charge is 0.352 e. The van der Waals surface area contributed by atoms with Gasteiger partial charge >= 0.3 is 0 Å². The molecule has 0 saturated heterocycles. The van der Waals surface area contributed by atoms with Crippen molar-refractivity contribution in [3.63, 3.8) is 0 Å². The number of aryl methyl sites for hydroxylation is 1. The molecule has 3 aromatic rings. The number of aromatic nitrogens is 3. The first kappa shape index (κ1) is 21.9. The van der Waals surface area contributed by atoms with Crippen molar-refractivity contribution in [3.8, 4) is 0 Å². The lowest BCUT2D eigenvalue weighted by molar-refractivity contribution is 0.0940. The highest BCUT2D eigenvalue weighted by Gasteiger charge is 2.27. The zero-order valence-corrected chi connectivity index (χ0v) is 19.1. The zero-order valence-electron chi connectivity index (χ0n) is 17.6. The minimum absolute atomic E-state index is 0.0750. The molecule has 1 aromatic carbocycles. The minimum Gasteiger partial charge on any atom is -0.352 e.